The van der Waals surface area contributed by atoms with Gasteiger partial charge in [0.05, 0.1) is 19.2 Å². The van der Waals surface area contributed by atoms with E-state index in [1.165, 1.54) is 18.2 Å². The van der Waals surface area contributed by atoms with E-state index in [2.05, 4.69) is 21.1 Å². The number of carbonyl (C=O) groups excluding carboxylic acids is 2. The fourth-order valence-corrected chi connectivity index (χ4v) is 3.24. The number of nitriles is 1. The van der Waals surface area contributed by atoms with Gasteiger partial charge in [-0.15, -0.1) is 0 Å². The maximum absolute atomic E-state index is 14.5. The molecule has 1 saturated heterocycles. The number of anilines is 1. The maximum atomic E-state index is 14.5. The Labute approximate surface area is 178 Å². The van der Waals surface area contributed by atoms with Gasteiger partial charge in [0.1, 0.15) is 30.3 Å². The number of nitrogens with zero attached hydrogens (tertiary/aromatic N) is 3. The van der Waals surface area contributed by atoms with E-state index in [0.29, 0.717) is 11.1 Å². The number of hydrogen-bond donors (Lipinski definition) is 2. The van der Waals surface area contributed by atoms with Crippen LogP contribution < -0.4 is 10.1 Å². The lowest BCUT2D eigenvalue weighted by atomic mass is 10.0. The summed E-state index contributed by atoms with van der Waals surface area (Å²) >= 11 is 0. The first kappa shape index (κ1) is 22.0. The molecule has 2 N–H and O–H groups in total. The number of benzene rings is 1. The zero-order chi connectivity index (χ0) is 22.4. The molecule has 31 heavy (non-hydrogen) atoms. The van der Waals surface area contributed by atoms with Crippen molar-refractivity contribution in [1.82, 2.24) is 9.88 Å². The van der Waals surface area contributed by atoms with Crippen LogP contribution in [0.5, 0.6) is 5.75 Å². The summed E-state index contributed by atoms with van der Waals surface area (Å²) < 4.78 is 24.8. The Morgan fingerprint density at radius 3 is 2.81 bits per heavy atom. The molecule has 2 aromatic rings. The summed E-state index contributed by atoms with van der Waals surface area (Å²) in [5.74, 6) is -0.00276. The molecule has 2 heterocycles. The van der Waals surface area contributed by atoms with Crippen molar-refractivity contribution in [2.75, 3.05) is 32.1 Å². The summed E-state index contributed by atoms with van der Waals surface area (Å²) in [5.41, 5.74) is 1.60. The first-order chi connectivity index (χ1) is 14.9. The number of hydrogen-bond acceptors (Lipinski definition) is 7. The Morgan fingerprint density at radius 1 is 1.35 bits per heavy atom. The summed E-state index contributed by atoms with van der Waals surface area (Å²) in [4.78, 5) is 28.2. The standard InChI is InChI=1S/C21H21FN4O5/c1-30-21(29)25-19-9-14(4-6-24-19)13-2-3-17(15(8-13)10-23)31-18-5-7-26(11-16(18)22)20(28)12-27/h2-4,6,8-9,16,18,27H,5,7,11-12H2,1H3,(H,24,25,29)/t16-,18+/m1/s1. The minimum absolute atomic E-state index is 0.170. The molecule has 1 aromatic carbocycles. The van der Waals surface area contributed by atoms with Crippen molar-refractivity contribution in [3.05, 3.63) is 42.1 Å². The highest BCUT2D eigenvalue weighted by Gasteiger charge is 2.33. The number of likely N-dealkylation sites (tertiary alicyclic amines) is 1. The summed E-state index contributed by atoms with van der Waals surface area (Å²) in [7, 11) is 1.24. The fraction of sp³-hybridized carbons (Fsp3) is 0.333. The number of aromatic nitrogens is 1. The summed E-state index contributed by atoms with van der Waals surface area (Å²) in [6, 6.07) is 10.3. The molecule has 0 saturated carbocycles. The molecule has 0 radical (unpaired) electrons. The number of ether oxygens (including phenoxy) is 2. The molecule has 1 fully saturated rings. The first-order valence-corrected chi connectivity index (χ1v) is 9.50. The molecule has 3 rings (SSSR count). The quantitative estimate of drug-likeness (QED) is 0.747. The molecule has 2 amide bonds. The third-order valence-corrected chi connectivity index (χ3v) is 4.86. The van der Waals surface area contributed by atoms with E-state index in [4.69, 9.17) is 9.84 Å². The zero-order valence-corrected chi connectivity index (χ0v) is 16.7. The third kappa shape index (κ3) is 5.26. The van der Waals surface area contributed by atoms with E-state index >= 15 is 0 Å². The Morgan fingerprint density at radius 2 is 2.13 bits per heavy atom. The Kier molecular flexibility index (Phi) is 6.99. The summed E-state index contributed by atoms with van der Waals surface area (Å²) in [5, 5.41) is 20.9. The van der Waals surface area contributed by atoms with Gasteiger partial charge in [-0.05, 0) is 35.4 Å². The van der Waals surface area contributed by atoms with Crippen LogP contribution in [0.4, 0.5) is 15.0 Å². The predicted octanol–water partition coefficient (Wildman–Crippen LogP) is 2.11. The number of piperidine rings is 1. The van der Waals surface area contributed by atoms with Gasteiger partial charge in [-0.25, -0.2) is 14.2 Å². The number of alkyl halides is 1. The SMILES string of the molecule is COC(=O)Nc1cc(-c2ccc(O[C@H]3CCN(C(=O)CO)C[C@H]3F)c(C#N)c2)ccn1. The molecular formula is C21H21FN4O5. The molecule has 2 atom stereocenters. The van der Waals surface area contributed by atoms with E-state index in [9.17, 15) is 19.2 Å². The van der Waals surface area contributed by atoms with Crippen molar-refractivity contribution < 1.29 is 28.6 Å². The van der Waals surface area contributed by atoms with E-state index in [-0.39, 0.29) is 36.6 Å². The van der Waals surface area contributed by atoms with Crippen LogP contribution in [-0.2, 0) is 9.53 Å². The number of carbonyl (C=O) groups is 2. The topological polar surface area (TPSA) is 125 Å². The predicted molar refractivity (Wildman–Crippen MR) is 108 cm³/mol. The van der Waals surface area contributed by atoms with Crippen molar-refractivity contribution in [3.8, 4) is 22.9 Å². The van der Waals surface area contributed by atoms with Gasteiger partial charge < -0.3 is 19.5 Å². The first-order valence-electron chi connectivity index (χ1n) is 9.50. The Bertz CT molecular complexity index is 1010. The highest BCUT2D eigenvalue weighted by molar-refractivity contribution is 5.84. The number of nitrogens with one attached hydrogen (secondary N) is 1. The van der Waals surface area contributed by atoms with Crippen LogP contribution in [0.3, 0.4) is 0 Å². The number of halogens is 1. The van der Waals surface area contributed by atoms with Crippen LogP contribution in [0.15, 0.2) is 36.5 Å². The fourth-order valence-electron chi connectivity index (χ4n) is 3.24. The number of methoxy groups -OCH3 is 1. The monoisotopic (exact) mass is 428 g/mol. The van der Waals surface area contributed by atoms with Crippen molar-refractivity contribution in [1.29, 1.82) is 5.26 Å². The van der Waals surface area contributed by atoms with Crippen LogP contribution >= 0.6 is 0 Å². The van der Waals surface area contributed by atoms with Gasteiger partial charge in [0.2, 0.25) is 5.91 Å². The second-order valence-corrected chi connectivity index (χ2v) is 6.83. The van der Waals surface area contributed by atoms with Gasteiger partial charge in [0, 0.05) is 19.2 Å². The Hall–Kier alpha value is -3.71. The van der Waals surface area contributed by atoms with Crippen molar-refractivity contribution in [2.24, 2.45) is 0 Å². The highest BCUT2D eigenvalue weighted by atomic mass is 19.1. The van der Waals surface area contributed by atoms with Gasteiger partial charge in [0.25, 0.3) is 0 Å². The smallest absolute Gasteiger partial charge is 0.412 e. The highest BCUT2D eigenvalue weighted by Crippen LogP contribution is 2.30. The Balaban J connectivity index is 1.75. The number of aliphatic hydroxyl groups excluding tert-OH is 1. The van der Waals surface area contributed by atoms with E-state index < -0.39 is 30.9 Å². The van der Waals surface area contributed by atoms with Crippen LogP contribution in [-0.4, -0.2) is 66.1 Å². The molecule has 9 nitrogen and oxygen atoms in total. The summed E-state index contributed by atoms with van der Waals surface area (Å²) in [6.45, 7) is -0.571. The second kappa shape index (κ2) is 9.86. The van der Waals surface area contributed by atoms with Gasteiger partial charge in [-0.3, -0.25) is 10.1 Å². The van der Waals surface area contributed by atoms with Gasteiger partial charge >= 0.3 is 6.09 Å². The lowest BCUT2D eigenvalue weighted by Crippen LogP contribution is -2.50. The molecule has 0 bridgehead atoms. The van der Waals surface area contributed by atoms with Crippen LogP contribution in [0.25, 0.3) is 11.1 Å². The number of rotatable bonds is 5. The van der Waals surface area contributed by atoms with Crippen molar-refractivity contribution >= 4 is 17.8 Å². The molecule has 0 spiro atoms. The van der Waals surface area contributed by atoms with E-state index in [1.807, 2.05) is 0 Å². The average molecular weight is 428 g/mol. The normalized spacial score (nSPS) is 18.1. The maximum Gasteiger partial charge on any atom is 0.412 e. The molecule has 1 aliphatic rings. The number of pyridine rings is 1. The average Bonchev–Trinajstić information content (AvgIpc) is 2.80. The van der Waals surface area contributed by atoms with Gasteiger partial charge in [-0.2, -0.15) is 5.26 Å². The molecule has 0 aliphatic carbocycles. The minimum Gasteiger partial charge on any atom is -0.486 e. The number of amides is 2. The van der Waals surface area contributed by atoms with E-state index in [0.717, 1.165) is 0 Å². The van der Waals surface area contributed by atoms with Gasteiger partial charge in [-0.1, -0.05) is 6.07 Å². The van der Waals surface area contributed by atoms with Gasteiger partial charge in [0.15, 0.2) is 6.17 Å². The summed E-state index contributed by atoms with van der Waals surface area (Å²) in [6.07, 6.45) is -1.16. The third-order valence-electron chi connectivity index (χ3n) is 4.86. The van der Waals surface area contributed by atoms with Crippen molar-refractivity contribution in [3.63, 3.8) is 0 Å². The van der Waals surface area contributed by atoms with Crippen molar-refractivity contribution in [2.45, 2.75) is 18.7 Å². The molecule has 0 unspecified atom stereocenters. The van der Waals surface area contributed by atoms with Crippen LogP contribution in [0.2, 0.25) is 0 Å². The molecule has 1 aromatic heterocycles. The minimum atomic E-state index is -1.44. The van der Waals surface area contributed by atoms with E-state index in [1.54, 1.807) is 30.3 Å². The zero-order valence-electron chi connectivity index (χ0n) is 16.7. The second-order valence-electron chi connectivity index (χ2n) is 6.83. The lowest BCUT2D eigenvalue weighted by Gasteiger charge is -2.34. The molecule has 1 aliphatic heterocycles. The number of aliphatic hydroxyl groups is 1. The largest absolute Gasteiger partial charge is 0.486 e. The van der Waals surface area contributed by atoms with Crippen LogP contribution in [0, 0.1) is 11.3 Å². The molecular weight excluding hydrogens is 407 g/mol. The molecule has 162 valence electrons. The van der Waals surface area contributed by atoms with Crippen LogP contribution in [0.1, 0.15) is 12.0 Å². The lowest BCUT2D eigenvalue weighted by molar-refractivity contribution is -0.138. The molecule has 10 heteroatoms.